The van der Waals surface area contributed by atoms with E-state index >= 15 is 0 Å². The molecule has 1 aromatic rings. The summed E-state index contributed by atoms with van der Waals surface area (Å²) >= 11 is 5.53. The molecule has 0 aliphatic rings. The molecule has 0 aromatic heterocycles. The average molecular weight is 230 g/mol. The summed E-state index contributed by atoms with van der Waals surface area (Å²) in [4.78, 5) is 11.4. The van der Waals surface area contributed by atoms with Crippen LogP contribution in [0.1, 0.15) is 12.0 Å². The number of rotatable bonds is 5. The lowest BCUT2D eigenvalue weighted by Gasteiger charge is -2.02. The molecule has 4 heteroatoms. The molecule has 0 aliphatic carbocycles. The molecular formula is C11H13ClFNO. The van der Waals surface area contributed by atoms with Gasteiger partial charge in [-0.3, -0.25) is 4.79 Å². The van der Waals surface area contributed by atoms with E-state index in [2.05, 4.69) is 5.32 Å². The summed E-state index contributed by atoms with van der Waals surface area (Å²) in [6.45, 7) is 0.648. The van der Waals surface area contributed by atoms with Crippen LogP contribution in [-0.2, 0) is 11.2 Å². The van der Waals surface area contributed by atoms with Crippen LogP contribution in [0.25, 0.3) is 0 Å². The van der Waals surface area contributed by atoms with Gasteiger partial charge in [0.15, 0.2) is 0 Å². The molecule has 82 valence electrons. The van der Waals surface area contributed by atoms with Crippen molar-refractivity contribution in [2.45, 2.75) is 12.8 Å². The van der Waals surface area contributed by atoms with Crippen molar-refractivity contribution in [1.29, 1.82) is 0 Å². The van der Waals surface area contributed by atoms with Crippen molar-refractivity contribution in [3.05, 3.63) is 34.6 Å². The van der Waals surface area contributed by atoms with Crippen molar-refractivity contribution in [3.8, 4) is 0 Å². The van der Waals surface area contributed by atoms with E-state index in [-0.39, 0.29) is 17.2 Å². The topological polar surface area (TPSA) is 29.1 Å². The number of carbonyl (C=O) groups is 1. The normalized spacial score (nSPS) is 10.3. The lowest BCUT2D eigenvalue weighted by Crippen LogP contribution is -2.14. The number of benzene rings is 1. The Bertz CT molecular complexity index is 354. The second kappa shape index (κ2) is 5.83. The van der Waals surface area contributed by atoms with Gasteiger partial charge in [-0.15, -0.1) is 0 Å². The highest BCUT2D eigenvalue weighted by molar-refractivity contribution is 6.30. The standard InChI is InChI=1S/C11H13ClFNO/c1-14-5-4-9(15)6-8-2-3-10(12)11(13)7-8/h2-3,7,14H,4-6H2,1H3. The summed E-state index contributed by atoms with van der Waals surface area (Å²) in [7, 11) is 1.79. The van der Waals surface area contributed by atoms with Gasteiger partial charge in [0.25, 0.3) is 0 Å². The maximum Gasteiger partial charge on any atom is 0.142 e. The number of Topliss-reactive ketones (excluding diaryl/α,β-unsaturated/α-hetero) is 1. The summed E-state index contributed by atoms with van der Waals surface area (Å²) in [6, 6.07) is 4.44. The van der Waals surface area contributed by atoms with Gasteiger partial charge in [-0.25, -0.2) is 4.39 Å². The van der Waals surface area contributed by atoms with Crippen LogP contribution in [0.5, 0.6) is 0 Å². The zero-order chi connectivity index (χ0) is 11.3. The minimum Gasteiger partial charge on any atom is -0.319 e. The Hall–Kier alpha value is -0.930. The van der Waals surface area contributed by atoms with Gasteiger partial charge >= 0.3 is 0 Å². The molecule has 1 N–H and O–H groups in total. The SMILES string of the molecule is CNCCC(=O)Cc1ccc(Cl)c(F)c1. The van der Waals surface area contributed by atoms with Crippen LogP contribution >= 0.6 is 11.6 Å². The van der Waals surface area contributed by atoms with Crippen LogP contribution in [0.15, 0.2) is 18.2 Å². The number of nitrogens with one attached hydrogen (secondary N) is 1. The van der Waals surface area contributed by atoms with E-state index < -0.39 is 5.82 Å². The van der Waals surface area contributed by atoms with Gasteiger partial charge in [-0.05, 0) is 24.7 Å². The number of hydrogen-bond donors (Lipinski definition) is 1. The molecule has 0 saturated carbocycles. The van der Waals surface area contributed by atoms with E-state index in [0.29, 0.717) is 18.5 Å². The molecule has 0 spiro atoms. The average Bonchev–Trinajstić information content (AvgIpc) is 2.20. The van der Waals surface area contributed by atoms with E-state index in [4.69, 9.17) is 11.6 Å². The highest BCUT2D eigenvalue weighted by Crippen LogP contribution is 2.16. The van der Waals surface area contributed by atoms with Gasteiger partial charge in [-0.1, -0.05) is 17.7 Å². The summed E-state index contributed by atoms with van der Waals surface area (Å²) in [5.41, 5.74) is 0.665. The molecule has 0 fully saturated rings. The Balaban J connectivity index is 2.57. The van der Waals surface area contributed by atoms with E-state index in [0.717, 1.165) is 0 Å². The number of carbonyl (C=O) groups excluding carboxylic acids is 1. The Labute approximate surface area is 93.4 Å². The summed E-state index contributed by atoms with van der Waals surface area (Å²) < 4.78 is 13.0. The Morgan fingerprint density at radius 2 is 2.27 bits per heavy atom. The lowest BCUT2D eigenvalue weighted by molar-refractivity contribution is -0.118. The van der Waals surface area contributed by atoms with Crippen LogP contribution in [0.4, 0.5) is 4.39 Å². The zero-order valence-corrected chi connectivity index (χ0v) is 9.27. The van der Waals surface area contributed by atoms with Crippen molar-refractivity contribution in [2.75, 3.05) is 13.6 Å². The van der Waals surface area contributed by atoms with Gasteiger partial charge in [0.05, 0.1) is 5.02 Å². The molecule has 0 heterocycles. The highest BCUT2D eigenvalue weighted by atomic mass is 35.5. The Morgan fingerprint density at radius 1 is 1.53 bits per heavy atom. The van der Waals surface area contributed by atoms with Crippen LogP contribution in [0.2, 0.25) is 5.02 Å². The quantitative estimate of drug-likeness (QED) is 0.839. The van der Waals surface area contributed by atoms with Gasteiger partial charge in [0, 0.05) is 19.4 Å². The molecule has 0 atom stereocenters. The molecule has 0 radical (unpaired) electrons. The fourth-order valence-electron chi connectivity index (χ4n) is 1.23. The molecule has 1 aromatic carbocycles. The number of halogens is 2. The van der Waals surface area contributed by atoms with Crippen molar-refractivity contribution in [1.82, 2.24) is 5.32 Å². The third-order valence-corrected chi connectivity index (χ3v) is 2.35. The summed E-state index contributed by atoms with van der Waals surface area (Å²) in [5, 5.41) is 2.97. The van der Waals surface area contributed by atoms with Crippen LogP contribution in [0.3, 0.4) is 0 Å². The predicted molar refractivity (Wildman–Crippen MR) is 58.7 cm³/mol. The Kier molecular flexibility index (Phi) is 4.72. The van der Waals surface area contributed by atoms with Gasteiger partial charge in [0.2, 0.25) is 0 Å². The van der Waals surface area contributed by atoms with E-state index in [1.165, 1.54) is 12.1 Å². The van der Waals surface area contributed by atoms with Crippen molar-refractivity contribution < 1.29 is 9.18 Å². The number of ketones is 1. The maximum atomic E-state index is 13.0. The molecule has 1 rings (SSSR count). The van der Waals surface area contributed by atoms with Gasteiger partial charge < -0.3 is 5.32 Å². The maximum absolute atomic E-state index is 13.0. The zero-order valence-electron chi connectivity index (χ0n) is 8.52. The van der Waals surface area contributed by atoms with Crippen molar-refractivity contribution in [3.63, 3.8) is 0 Å². The fraction of sp³-hybridized carbons (Fsp3) is 0.364. The predicted octanol–water partition coefficient (Wildman–Crippen LogP) is 2.20. The first-order valence-electron chi connectivity index (χ1n) is 4.73. The molecule has 0 aliphatic heterocycles. The largest absolute Gasteiger partial charge is 0.319 e. The molecule has 2 nitrogen and oxygen atoms in total. The Morgan fingerprint density at radius 3 is 2.87 bits per heavy atom. The van der Waals surface area contributed by atoms with Crippen LogP contribution < -0.4 is 5.32 Å². The van der Waals surface area contributed by atoms with Gasteiger partial charge in [-0.2, -0.15) is 0 Å². The van der Waals surface area contributed by atoms with E-state index in [1.807, 2.05) is 0 Å². The molecule has 0 unspecified atom stereocenters. The molecule has 0 amide bonds. The first-order valence-corrected chi connectivity index (χ1v) is 5.11. The van der Waals surface area contributed by atoms with E-state index in [9.17, 15) is 9.18 Å². The molecular weight excluding hydrogens is 217 g/mol. The molecule has 15 heavy (non-hydrogen) atoms. The lowest BCUT2D eigenvalue weighted by atomic mass is 10.1. The minimum absolute atomic E-state index is 0.0847. The second-order valence-corrected chi connectivity index (χ2v) is 3.72. The van der Waals surface area contributed by atoms with Crippen LogP contribution in [0, 0.1) is 5.82 Å². The van der Waals surface area contributed by atoms with Crippen molar-refractivity contribution >= 4 is 17.4 Å². The molecule has 0 bridgehead atoms. The summed E-state index contributed by atoms with van der Waals surface area (Å²) in [6.07, 6.45) is 0.719. The molecule has 0 saturated heterocycles. The smallest absolute Gasteiger partial charge is 0.142 e. The van der Waals surface area contributed by atoms with E-state index in [1.54, 1.807) is 13.1 Å². The third-order valence-electron chi connectivity index (χ3n) is 2.04. The summed E-state index contributed by atoms with van der Waals surface area (Å²) in [5.74, 6) is -0.387. The second-order valence-electron chi connectivity index (χ2n) is 3.32. The van der Waals surface area contributed by atoms with Gasteiger partial charge in [0.1, 0.15) is 11.6 Å². The first kappa shape index (κ1) is 12.1. The highest BCUT2D eigenvalue weighted by Gasteiger charge is 2.05. The third kappa shape index (κ3) is 3.98. The minimum atomic E-state index is -0.476. The monoisotopic (exact) mass is 229 g/mol. The number of hydrogen-bond acceptors (Lipinski definition) is 2. The first-order chi connectivity index (χ1) is 7.13. The van der Waals surface area contributed by atoms with Crippen LogP contribution in [-0.4, -0.2) is 19.4 Å². The fourth-order valence-corrected chi connectivity index (χ4v) is 1.35. The van der Waals surface area contributed by atoms with Crippen molar-refractivity contribution in [2.24, 2.45) is 0 Å².